The summed E-state index contributed by atoms with van der Waals surface area (Å²) in [6.45, 7) is 3.23. The highest BCUT2D eigenvalue weighted by Crippen LogP contribution is 2.19. The van der Waals surface area contributed by atoms with Gasteiger partial charge in [-0.1, -0.05) is 0 Å². The highest BCUT2D eigenvalue weighted by atomic mass is 32.2. The van der Waals surface area contributed by atoms with Crippen LogP contribution in [0.1, 0.15) is 36.5 Å². The van der Waals surface area contributed by atoms with E-state index < -0.39 is 10.0 Å². The summed E-state index contributed by atoms with van der Waals surface area (Å²) in [6, 6.07) is 6.77. The van der Waals surface area contributed by atoms with Crippen LogP contribution in [0.5, 0.6) is 0 Å². The minimum absolute atomic E-state index is 0.0299. The van der Waals surface area contributed by atoms with Crippen LogP contribution in [0, 0.1) is 0 Å². The van der Waals surface area contributed by atoms with Crippen LogP contribution < -0.4 is 4.31 Å². The zero-order valence-electron chi connectivity index (χ0n) is 12.6. The molecule has 0 radical (unpaired) electrons. The van der Waals surface area contributed by atoms with Crippen LogP contribution in [0.2, 0.25) is 0 Å². The Hall–Kier alpha value is -1.56. The van der Waals surface area contributed by atoms with Gasteiger partial charge in [0.05, 0.1) is 11.4 Å². The second-order valence-electron chi connectivity index (χ2n) is 5.27. The van der Waals surface area contributed by atoms with Crippen LogP contribution in [0.3, 0.4) is 0 Å². The van der Waals surface area contributed by atoms with E-state index in [9.17, 15) is 13.2 Å². The number of nitrogens with zero attached hydrogens (tertiary/aromatic N) is 2. The van der Waals surface area contributed by atoms with E-state index in [2.05, 4.69) is 0 Å². The van der Waals surface area contributed by atoms with E-state index in [1.54, 1.807) is 31.2 Å². The summed E-state index contributed by atoms with van der Waals surface area (Å²) in [4.78, 5) is 14.2. The number of amides is 1. The molecule has 1 heterocycles. The standard InChI is InChI=1S/C15H22N2O3S/c1-3-21(19,20)16(2)14-9-7-13(8-10-14)15(18)17-11-5-4-6-12-17/h7-10H,3-6,11-12H2,1-2H3. The summed E-state index contributed by atoms with van der Waals surface area (Å²) in [5, 5.41) is 0. The predicted molar refractivity (Wildman–Crippen MR) is 84.1 cm³/mol. The Morgan fingerprint density at radius 2 is 1.71 bits per heavy atom. The third-order valence-electron chi connectivity index (χ3n) is 3.90. The van der Waals surface area contributed by atoms with Crippen LogP contribution in [-0.4, -0.2) is 45.1 Å². The number of carbonyl (C=O) groups excluding carboxylic acids is 1. The van der Waals surface area contributed by atoms with Crippen LogP contribution in [-0.2, 0) is 10.0 Å². The van der Waals surface area contributed by atoms with Gasteiger partial charge in [-0.05, 0) is 50.5 Å². The summed E-state index contributed by atoms with van der Waals surface area (Å²) >= 11 is 0. The number of likely N-dealkylation sites (tertiary alicyclic amines) is 1. The second-order valence-corrected chi connectivity index (χ2v) is 7.56. The Kier molecular flexibility index (Phi) is 4.88. The van der Waals surface area contributed by atoms with E-state index in [4.69, 9.17) is 0 Å². The number of anilines is 1. The molecular weight excluding hydrogens is 288 g/mol. The van der Waals surface area contributed by atoms with E-state index in [1.165, 1.54) is 17.8 Å². The van der Waals surface area contributed by atoms with Crippen LogP contribution >= 0.6 is 0 Å². The highest BCUT2D eigenvalue weighted by molar-refractivity contribution is 7.92. The lowest BCUT2D eigenvalue weighted by Gasteiger charge is -2.27. The molecule has 1 saturated heterocycles. The molecule has 0 aliphatic carbocycles. The van der Waals surface area contributed by atoms with Gasteiger partial charge in [-0.2, -0.15) is 0 Å². The van der Waals surface area contributed by atoms with Gasteiger partial charge < -0.3 is 4.90 Å². The lowest BCUT2D eigenvalue weighted by molar-refractivity contribution is 0.0724. The van der Waals surface area contributed by atoms with Crippen molar-refractivity contribution in [2.45, 2.75) is 26.2 Å². The van der Waals surface area contributed by atoms with Gasteiger partial charge in [0.2, 0.25) is 10.0 Å². The quantitative estimate of drug-likeness (QED) is 0.855. The first kappa shape index (κ1) is 15.8. The Bertz CT molecular complexity index is 590. The number of sulfonamides is 1. The Labute approximate surface area is 126 Å². The molecule has 21 heavy (non-hydrogen) atoms. The first-order valence-electron chi connectivity index (χ1n) is 7.31. The van der Waals surface area contributed by atoms with E-state index in [0.717, 1.165) is 25.9 Å². The SMILES string of the molecule is CCS(=O)(=O)N(C)c1ccc(C(=O)N2CCCCC2)cc1. The highest BCUT2D eigenvalue weighted by Gasteiger charge is 2.19. The molecule has 0 aromatic heterocycles. The van der Waals surface area contributed by atoms with E-state index >= 15 is 0 Å². The number of rotatable bonds is 4. The van der Waals surface area contributed by atoms with Crippen molar-refractivity contribution >= 4 is 21.6 Å². The number of hydrogen-bond donors (Lipinski definition) is 0. The summed E-state index contributed by atoms with van der Waals surface area (Å²) in [6.07, 6.45) is 3.30. The molecule has 6 heteroatoms. The molecule has 1 aromatic carbocycles. The van der Waals surface area contributed by atoms with E-state index in [0.29, 0.717) is 11.3 Å². The van der Waals surface area contributed by atoms with Crippen molar-refractivity contribution in [3.8, 4) is 0 Å². The maximum absolute atomic E-state index is 12.3. The molecule has 116 valence electrons. The minimum Gasteiger partial charge on any atom is -0.339 e. The summed E-state index contributed by atoms with van der Waals surface area (Å²) in [7, 11) is -1.74. The van der Waals surface area contributed by atoms with Gasteiger partial charge in [0.25, 0.3) is 5.91 Å². The number of piperidine rings is 1. The van der Waals surface area contributed by atoms with Crippen molar-refractivity contribution in [3.63, 3.8) is 0 Å². The fourth-order valence-corrected chi connectivity index (χ4v) is 3.28. The Morgan fingerprint density at radius 3 is 2.24 bits per heavy atom. The molecule has 0 atom stereocenters. The van der Waals surface area contributed by atoms with Crippen molar-refractivity contribution in [3.05, 3.63) is 29.8 Å². The van der Waals surface area contributed by atoms with Gasteiger partial charge in [-0.15, -0.1) is 0 Å². The number of hydrogen-bond acceptors (Lipinski definition) is 3. The fourth-order valence-electron chi connectivity index (χ4n) is 2.45. The molecule has 1 aliphatic rings. The van der Waals surface area contributed by atoms with Crippen molar-refractivity contribution < 1.29 is 13.2 Å². The normalized spacial score (nSPS) is 15.8. The molecule has 1 fully saturated rings. The van der Waals surface area contributed by atoms with Crippen LogP contribution in [0.4, 0.5) is 5.69 Å². The Morgan fingerprint density at radius 1 is 1.14 bits per heavy atom. The molecule has 1 aromatic rings. The first-order chi connectivity index (χ1) is 9.95. The number of carbonyl (C=O) groups is 1. The smallest absolute Gasteiger partial charge is 0.253 e. The van der Waals surface area contributed by atoms with Gasteiger partial charge >= 0.3 is 0 Å². The molecule has 2 rings (SSSR count). The van der Waals surface area contributed by atoms with Gasteiger partial charge in [0, 0.05) is 25.7 Å². The molecular formula is C15H22N2O3S. The van der Waals surface area contributed by atoms with Crippen molar-refractivity contribution in [1.29, 1.82) is 0 Å². The van der Waals surface area contributed by atoms with Gasteiger partial charge in [-0.25, -0.2) is 8.42 Å². The molecule has 0 unspecified atom stereocenters. The van der Waals surface area contributed by atoms with Crippen molar-refractivity contribution in [1.82, 2.24) is 4.90 Å². The first-order valence-corrected chi connectivity index (χ1v) is 8.92. The summed E-state index contributed by atoms with van der Waals surface area (Å²) in [5.41, 5.74) is 1.19. The zero-order chi connectivity index (χ0) is 15.5. The topological polar surface area (TPSA) is 57.7 Å². The molecule has 0 N–H and O–H groups in total. The lowest BCUT2D eigenvalue weighted by atomic mass is 10.1. The number of benzene rings is 1. The van der Waals surface area contributed by atoms with E-state index in [1.807, 2.05) is 4.90 Å². The predicted octanol–water partition coefficient (Wildman–Crippen LogP) is 2.10. The van der Waals surface area contributed by atoms with Gasteiger partial charge in [0.1, 0.15) is 0 Å². The third-order valence-corrected chi connectivity index (χ3v) is 5.68. The fraction of sp³-hybridized carbons (Fsp3) is 0.533. The van der Waals surface area contributed by atoms with Gasteiger partial charge in [-0.3, -0.25) is 9.10 Å². The average Bonchev–Trinajstić information content (AvgIpc) is 2.54. The second kappa shape index (κ2) is 6.47. The van der Waals surface area contributed by atoms with Crippen LogP contribution in [0.15, 0.2) is 24.3 Å². The summed E-state index contributed by atoms with van der Waals surface area (Å²) in [5.74, 6) is 0.0834. The molecule has 0 spiro atoms. The molecule has 0 bridgehead atoms. The third kappa shape index (κ3) is 3.56. The summed E-state index contributed by atoms with van der Waals surface area (Å²) < 4.78 is 24.9. The van der Waals surface area contributed by atoms with Crippen molar-refractivity contribution in [2.24, 2.45) is 0 Å². The maximum Gasteiger partial charge on any atom is 0.253 e. The molecule has 1 amide bonds. The van der Waals surface area contributed by atoms with Gasteiger partial charge in [0.15, 0.2) is 0 Å². The zero-order valence-corrected chi connectivity index (χ0v) is 13.4. The average molecular weight is 310 g/mol. The molecule has 0 saturated carbocycles. The largest absolute Gasteiger partial charge is 0.339 e. The lowest BCUT2D eigenvalue weighted by Crippen LogP contribution is -2.35. The molecule has 1 aliphatic heterocycles. The van der Waals surface area contributed by atoms with Crippen molar-refractivity contribution in [2.75, 3.05) is 30.2 Å². The molecule has 5 nitrogen and oxygen atoms in total. The minimum atomic E-state index is -3.27. The van der Waals surface area contributed by atoms with Crippen LogP contribution in [0.25, 0.3) is 0 Å². The maximum atomic E-state index is 12.3. The van der Waals surface area contributed by atoms with E-state index in [-0.39, 0.29) is 11.7 Å². The monoisotopic (exact) mass is 310 g/mol. The Balaban J connectivity index is 2.13.